The molecule has 0 aromatic heterocycles. The van der Waals surface area contributed by atoms with E-state index in [1.54, 1.807) is 0 Å². The van der Waals surface area contributed by atoms with Crippen molar-refractivity contribution < 1.29 is 0 Å². The second-order valence-corrected chi connectivity index (χ2v) is 8.72. The van der Waals surface area contributed by atoms with Crippen molar-refractivity contribution in [3.63, 3.8) is 0 Å². The summed E-state index contributed by atoms with van der Waals surface area (Å²) < 4.78 is 0. The van der Waals surface area contributed by atoms with Crippen LogP contribution in [0.2, 0.25) is 0 Å². The average molecular weight is 405 g/mol. The van der Waals surface area contributed by atoms with Crippen LogP contribution in [0.25, 0.3) is 65.0 Å². The van der Waals surface area contributed by atoms with E-state index in [0.29, 0.717) is 0 Å². The smallest absolute Gasteiger partial charge is 0.0171 e. The van der Waals surface area contributed by atoms with Gasteiger partial charge in [-0.1, -0.05) is 72.8 Å². The Morgan fingerprint density at radius 2 is 0.500 bits per heavy atom. The highest BCUT2D eigenvalue weighted by molar-refractivity contribution is 6.06. The predicted molar refractivity (Wildman–Crippen MR) is 139 cm³/mol. The third-order valence-corrected chi connectivity index (χ3v) is 6.70. The van der Waals surface area contributed by atoms with Crippen molar-refractivity contribution in [2.75, 3.05) is 0 Å². The minimum Gasteiger partial charge on any atom is -0.0616 e. The van der Waals surface area contributed by atoms with E-state index in [-0.39, 0.29) is 0 Å². The van der Waals surface area contributed by atoms with Gasteiger partial charge in [0.15, 0.2) is 0 Å². The summed E-state index contributed by atoms with van der Waals surface area (Å²) in [7, 11) is 0. The summed E-state index contributed by atoms with van der Waals surface area (Å²) >= 11 is 0. The molecule has 0 amide bonds. The van der Waals surface area contributed by atoms with Gasteiger partial charge in [0.05, 0.1) is 0 Å². The van der Waals surface area contributed by atoms with Gasteiger partial charge in [0.25, 0.3) is 0 Å². The lowest BCUT2D eigenvalue weighted by molar-refractivity contribution is 1.69. The van der Waals surface area contributed by atoms with Gasteiger partial charge < -0.3 is 0 Å². The van der Waals surface area contributed by atoms with Crippen molar-refractivity contribution in [1.82, 2.24) is 0 Å². The quantitative estimate of drug-likeness (QED) is 0.239. The van der Waals surface area contributed by atoms with Crippen LogP contribution in [0.1, 0.15) is 0 Å². The molecule has 0 bridgehead atoms. The van der Waals surface area contributed by atoms with Gasteiger partial charge in [-0.05, 0) is 114 Å². The molecule has 0 aliphatic carbocycles. The second kappa shape index (κ2) is 6.67. The number of fused-ring (bicyclic) bond motifs is 5. The van der Waals surface area contributed by atoms with E-state index in [4.69, 9.17) is 0 Å². The Hall–Kier alpha value is -4.16. The van der Waals surface area contributed by atoms with E-state index in [1.165, 1.54) is 65.0 Å². The highest BCUT2D eigenvalue weighted by Crippen LogP contribution is 2.32. The summed E-state index contributed by atoms with van der Waals surface area (Å²) in [4.78, 5) is 0. The lowest BCUT2D eigenvalue weighted by atomic mass is 9.95. The Morgan fingerprint density at radius 1 is 0.219 bits per heavy atom. The van der Waals surface area contributed by atoms with Gasteiger partial charge in [0, 0.05) is 0 Å². The van der Waals surface area contributed by atoms with E-state index >= 15 is 0 Å². The molecule has 0 aliphatic heterocycles. The molecule has 7 aromatic carbocycles. The molecule has 0 unspecified atom stereocenters. The van der Waals surface area contributed by atoms with Crippen LogP contribution in [0, 0.1) is 0 Å². The summed E-state index contributed by atoms with van der Waals surface area (Å²) in [5, 5.41) is 12.9. The fourth-order valence-corrected chi connectivity index (χ4v) is 4.99. The molecule has 32 heavy (non-hydrogen) atoms. The molecule has 0 heteroatoms. The number of rotatable bonds is 1. The summed E-state index contributed by atoms with van der Waals surface area (Å²) in [6, 6.07) is 44.6. The molecule has 0 N–H and O–H groups in total. The average Bonchev–Trinajstić information content (AvgIpc) is 2.84. The van der Waals surface area contributed by atoms with Gasteiger partial charge in [0.1, 0.15) is 0 Å². The molecule has 0 saturated carbocycles. The molecule has 0 radical (unpaired) electrons. The third kappa shape index (κ3) is 2.77. The molecule has 0 heterocycles. The van der Waals surface area contributed by atoms with Gasteiger partial charge in [-0.25, -0.2) is 0 Å². The maximum absolute atomic E-state index is 2.33. The molecule has 7 aromatic rings. The zero-order chi connectivity index (χ0) is 21.1. The van der Waals surface area contributed by atoms with Gasteiger partial charge in [0.2, 0.25) is 0 Å². The van der Waals surface area contributed by atoms with Crippen LogP contribution in [-0.4, -0.2) is 0 Å². The van der Waals surface area contributed by atoms with Crippen LogP contribution in [0.4, 0.5) is 0 Å². The van der Waals surface area contributed by atoms with E-state index in [1.807, 2.05) is 0 Å². The van der Waals surface area contributed by atoms with Crippen molar-refractivity contribution >= 4 is 53.9 Å². The molecule has 0 spiro atoms. The Balaban J connectivity index is 1.40. The first-order valence-corrected chi connectivity index (χ1v) is 11.1. The third-order valence-electron chi connectivity index (χ3n) is 6.70. The molecule has 0 atom stereocenters. The Kier molecular flexibility index (Phi) is 3.65. The number of hydrogen-bond donors (Lipinski definition) is 0. The summed E-state index contributed by atoms with van der Waals surface area (Å²) in [5.41, 5.74) is 2.51. The van der Waals surface area contributed by atoms with E-state index in [0.717, 1.165) is 0 Å². The second-order valence-electron chi connectivity index (χ2n) is 8.72. The molecule has 0 saturated heterocycles. The predicted octanol–water partition coefficient (Wildman–Crippen LogP) is 9.12. The zero-order valence-corrected chi connectivity index (χ0v) is 17.5. The molecule has 0 fully saturated rings. The van der Waals surface area contributed by atoms with Crippen molar-refractivity contribution in [3.05, 3.63) is 121 Å². The van der Waals surface area contributed by atoms with E-state index < -0.39 is 0 Å². The van der Waals surface area contributed by atoms with Gasteiger partial charge >= 0.3 is 0 Å². The molecular weight excluding hydrogens is 384 g/mol. The summed E-state index contributed by atoms with van der Waals surface area (Å²) in [6.07, 6.45) is 0. The van der Waals surface area contributed by atoms with Crippen molar-refractivity contribution in [1.29, 1.82) is 0 Å². The maximum Gasteiger partial charge on any atom is -0.0171 e. The van der Waals surface area contributed by atoms with Gasteiger partial charge in [-0.3, -0.25) is 0 Å². The van der Waals surface area contributed by atoms with Crippen LogP contribution in [0.3, 0.4) is 0 Å². The first-order chi connectivity index (χ1) is 15.8. The number of benzene rings is 7. The van der Waals surface area contributed by atoms with Gasteiger partial charge in [-0.2, -0.15) is 0 Å². The van der Waals surface area contributed by atoms with Gasteiger partial charge in [-0.15, -0.1) is 0 Å². The van der Waals surface area contributed by atoms with Crippen LogP contribution in [-0.2, 0) is 0 Å². The lowest BCUT2D eigenvalue weighted by Gasteiger charge is -2.09. The highest BCUT2D eigenvalue weighted by atomic mass is 14.1. The monoisotopic (exact) mass is 404 g/mol. The highest BCUT2D eigenvalue weighted by Gasteiger charge is 2.05. The molecule has 0 aliphatic rings. The van der Waals surface area contributed by atoms with Crippen LogP contribution < -0.4 is 0 Å². The largest absolute Gasteiger partial charge is 0.0616 e. The zero-order valence-electron chi connectivity index (χ0n) is 17.5. The Bertz CT molecular complexity index is 1820. The van der Waals surface area contributed by atoms with Crippen LogP contribution >= 0.6 is 0 Å². The normalized spacial score (nSPS) is 11.8. The SMILES string of the molecule is c1ccc2cc3cc(-c4ccc5cc6cc7ccccc7cc6cc5c4)ccc3cc2c1. The molecule has 7 rings (SSSR count). The van der Waals surface area contributed by atoms with E-state index in [2.05, 4.69) is 121 Å². The first kappa shape index (κ1) is 17.5. The number of hydrogen-bond acceptors (Lipinski definition) is 0. The van der Waals surface area contributed by atoms with Crippen LogP contribution in [0.15, 0.2) is 121 Å². The van der Waals surface area contributed by atoms with Crippen molar-refractivity contribution in [3.8, 4) is 11.1 Å². The first-order valence-electron chi connectivity index (χ1n) is 11.1. The fourth-order valence-electron chi connectivity index (χ4n) is 4.99. The Morgan fingerprint density at radius 3 is 0.906 bits per heavy atom. The van der Waals surface area contributed by atoms with Crippen molar-refractivity contribution in [2.24, 2.45) is 0 Å². The van der Waals surface area contributed by atoms with Crippen LogP contribution in [0.5, 0.6) is 0 Å². The lowest BCUT2D eigenvalue weighted by Crippen LogP contribution is -1.83. The van der Waals surface area contributed by atoms with E-state index in [9.17, 15) is 0 Å². The minimum atomic E-state index is 1.26. The Labute approximate surface area is 186 Å². The summed E-state index contributed by atoms with van der Waals surface area (Å²) in [6.45, 7) is 0. The maximum atomic E-state index is 2.33. The molecule has 0 nitrogen and oxygen atoms in total. The molecule has 148 valence electrons. The molecular formula is C32H20. The topological polar surface area (TPSA) is 0 Å². The summed E-state index contributed by atoms with van der Waals surface area (Å²) in [5.74, 6) is 0. The fraction of sp³-hybridized carbons (Fsp3) is 0. The standard InChI is InChI=1S/C32H20/c1-2-6-22-14-29-17-25(9-11-27(29)13-21(22)5-1)26-10-12-28-19-31-15-23-7-3-4-8-24(23)16-32(31)20-30(28)18-26/h1-20H. The minimum absolute atomic E-state index is 1.26. The van der Waals surface area contributed by atoms with Crippen molar-refractivity contribution in [2.45, 2.75) is 0 Å².